The summed E-state index contributed by atoms with van der Waals surface area (Å²) in [6.07, 6.45) is 3.27. The Morgan fingerprint density at radius 3 is 2.76 bits per heavy atom. The first-order valence-corrected chi connectivity index (χ1v) is 8.41. The van der Waals surface area contributed by atoms with Gasteiger partial charge >= 0.3 is 0 Å². The Bertz CT molecular complexity index is 694. The van der Waals surface area contributed by atoms with Crippen LogP contribution in [0.5, 0.6) is 0 Å². The zero-order valence-corrected chi connectivity index (χ0v) is 14.2. The number of nitrogens with zero attached hydrogens (tertiary/aromatic N) is 2. The predicted octanol–water partition coefficient (Wildman–Crippen LogP) is 2.47. The lowest BCUT2D eigenvalue weighted by Gasteiger charge is -2.33. The highest BCUT2D eigenvalue weighted by Gasteiger charge is 2.25. The molecule has 1 amide bonds. The van der Waals surface area contributed by atoms with Gasteiger partial charge in [-0.05, 0) is 42.3 Å². The zero-order chi connectivity index (χ0) is 17.6. The van der Waals surface area contributed by atoms with Crippen molar-refractivity contribution < 1.29 is 13.9 Å². The molecule has 3 rings (SSSR count). The number of halogens is 1. The van der Waals surface area contributed by atoms with E-state index < -0.39 is 0 Å². The highest BCUT2D eigenvalue weighted by molar-refractivity contribution is 5.78. The number of pyridine rings is 1. The molecule has 5 nitrogen and oxygen atoms in total. The SMILES string of the molecule is C[C@@H](NCC(=O)N1CCO[C@@H](c2ccc(F)cc2)C1)c1ccncc1. The summed E-state index contributed by atoms with van der Waals surface area (Å²) in [5, 5.41) is 3.25. The molecular formula is C19H22FN3O2. The summed E-state index contributed by atoms with van der Waals surface area (Å²) in [6.45, 7) is 3.81. The van der Waals surface area contributed by atoms with E-state index in [4.69, 9.17) is 4.74 Å². The van der Waals surface area contributed by atoms with E-state index in [-0.39, 0.29) is 30.4 Å². The normalized spacial score (nSPS) is 18.8. The molecule has 2 heterocycles. The van der Waals surface area contributed by atoms with Crippen LogP contribution in [0.1, 0.15) is 30.2 Å². The molecule has 0 spiro atoms. The fourth-order valence-corrected chi connectivity index (χ4v) is 2.88. The maximum absolute atomic E-state index is 13.1. The molecule has 2 atom stereocenters. The summed E-state index contributed by atoms with van der Waals surface area (Å²) in [4.78, 5) is 18.3. The van der Waals surface area contributed by atoms with Crippen LogP contribution in [-0.4, -0.2) is 42.0 Å². The Hall–Kier alpha value is -2.31. The lowest BCUT2D eigenvalue weighted by atomic mass is 10.1. The van der Waals surface area contributed by atoms with Crippen LogP contribution in [-0.2, 0) is 9.53 Å². The van der Waals surface area contributed by atoms with Crippen LogP contribution in [0.25, 0.3) is 0 Å². The first-order valence-electron chi connectivity index (χ1n) is 8.41. The average molecular weight is 343 g/mol. The number of ether oxygens (including phenoxy) is 1. The number of hydrogen-bond acceptors (Lipinski definition) is 4. The first-order chi connectivity index (χ1) is 12.1. The fraction of sp³-hybridized carbons (Fsp3) is 0.368. The quantitative estimate of drug-likeness (QED) is 0.906. The summed E-state index contributed by atoms with van der Waals surface area (Å²) >= 11 is 0. The van der Waals surface area contributed by atoms with E-state index in [0.717, 1.165) is 11.1 Å². The van der Waals surface area contributed by atoms with Gasteiger partial charge in [-0.25, -0.2) is 4.39 Å². The standard InChI is InChI=1S/C19H22FN3O2/c1-14(15-6-8-21-9-7-15)22-12-19(24)23-10-11-25-18(13-23)16-2-4-17(20)5-3-16/h2-9,14,18,22H,10-13H2,1H3/t14-,18-/m1/s1. The minimum atomic E-state index is -0.276. The summed E-state index contributed by atoms with van der Waals surface area (Å²) < 4.78 is 18.8. The van der Waals surface area contributed by atoms with E-state index in [9.17, 15) is 9.18 Å². The Morgan fingerprint density at radius 2 is 2.04 bits per heavy atom. The molecule has 1 saturated heterocycles. The molecule has 0 saturated carbocycles. The molecule has 2 aromatic rings. The van der Waals surface area contributed by atoms with Gasteiger partial charge in [0.1, 0.15) is 11.9 Å². The molecule has 1 aliphatic rings. The van der Waals surface area contributed by atoms with Crippen molar-refractivity contribution in [3.63, 3.8) is 0 Å². The highest BCUT2D eigenvalue weighted by atomic mass is 19.1. The minimum Gasteiger partial charge on any atom is -0.370 e. The van der Waals surface area contributed by atoms with Crippen LogP contribution < -0.4 is 5.32 Å². The monoisotopic (exact) mass is 343 g/mol. The summed E-state index contributed by atoms with van der Waals surface area (Å²) in [6, 6.07) is 10.2. The number of nitrogens with one attached hydrogen (secondary N) is 1. The number of hydrogen-bond donors (Lipinski definition) is 1. The van der Waals surface area contributed by atoms with Crippen molar-refractivity contribution in [1.82, 2.24) is 15.2 Å². The second-order valence-corrected chi connectivity index (χ2v) is 6.13. The molecule has 0 aliphatic carbocycles. The molecule has 0 unspecified atom stereocenters. The van der Waals surface area contributed by atoms with Gasteiger partial charge in [0, 0.05) is 25.0 Å². The van der Waals surface area contributed by atoms with Crippen molar-refractivity contribution in [2.24, 2.45) is 0 Å². The Kier molecular flexibility index (Phi) is 5.73. The number of morpholine rings is 1. The van der Waals surface area contributed by atoms with Crippen LogP contribution in [0.4, 0.5) is 4.39 Å². The van der Waals surface area contributed by atoms with Crippen molar-refractivity contribution in [3.05, 3.63) is 65.7 Å². The second-order valence-electron chi connectivity index (χ2n) is 6.13. The minimum absolute atomic E-state index is 0.0383. The molecule has 0 bridgehead atoms. The molecule has 1 N–H and O–H groups in total. The largest absolute Gasteiger partial charge is 0.370 e. The number of rotatable bonds is 5. The topological polar surface area (TPSA) is 54.5 Å². The maximum Gasteiger partial charge on any atom is 0.236 e. The lowest BCUT2D eigenvalue weighted by molar-refractivity contribution is -0.138. The second kappa shape index (κ2) is 8.18. The van der Waals surface area contributed by atoms with Gasteiger partial charge in [-0.15, -0.1) is 0 Å². The van der Waals surface area contributed by atoms with Crippen molar-refractivity contribution in [2.75, 3.05) is 26.2 Å². The molecule has 1 aliphatic heterocycles. The van der Waals surface area contributed by atoms with E-state index in [1.54, 1.807) is 29.4 Å². The van der Waals surface area contributed by atoms with Gasteiger partial charge in [-0.1, -0.05) is 12.1 Å². The third kappa shape index (κ3) is 4.61. The Morgan fingerprint density at radius 1 is 1.32 bits per heavy atom. The van der Waals surface area contributed by atoms with Crippen LogP contribution in [0, 0.1) is 5.82 Å². The van der Waals surface area contributed by atoms with Crippen molar-refractivity contribution in [3.8, 4) is 0 Å². The molecule has 0 radical (unpaired) electrons. The van der Waals surface area contributed by atoms with E-state index in [1.807, 2.05) is 19.1 Å². The highest BCUT2D eigenvalue weighted by Crippen LogP contribution is 2.22. The van der Waals surface area contributed by atoms with Crippen LogP contribution in [0.15, 0.2) is 48.8 Å². The van der Waals surface area contributed by atoms with E-state index in [0.29, 0.717) is 19.7 Å². The van der Waals surface area contributed by atoms with Gasteiger partial charge < -0.3 is 15.0 Å². The van der Waals surface area contributed by atoms with Gasteiger partial charge in [-0.2, -0.15) is 0 Å². The smallest absolute Gasteiger partial charge is 0.236 e. The summed E-state index contributed by atoms with van der Waals surface area (Å²) in [5.74, 6) is -0.238. The first kappa shape index (κ1) is 17.5. The van der Waals surface area contributed by atoms with Crippen LogP contribution in [0.2, 0.25) is 0 Å². The molecule has 25 heavy (non-hydrogen) atoms. The molecule has 1 fully saturated rings. The maximum atomic E-state index is 13.1. The van der Waals surface area contributed by atoms with E-state index in [1.165, 1.54) is 12.1 Å². The molecular weight excluding hydrogens is 321 g/mol. The number of aromatic nitrogens is 1. The predicted molar refractivity (Wildman–Crippen MR) is 92.3 cm³/mol. The van der Waals surface area contributed by atoms with Gasteiger partial charge in [0.15, 0.2) is 0 Å². The van der Waals surface area contributed by atoms with Crippen LogP contribution >= 0.6 is 0 Å². The lowest BCUT2D eigenvalue weighted by Crippen LogP contribution is -2.46. The molecule has 1 aromatic carbocycles. The van der Waals surface area contributed by atoms with Gasteiger partial charge in [-0.3, -0.25) is 9.78 Å². The van der Waals surface area contributed by atoms with Crippen LogP contribution in [0.3, 0.4) is 0 Å². The number of benzene rings is 1. The van der Waals surface area contributed by atoms with Crippen molar-refractivity contribution in [2.45, 2.75) is 19.1 Å². The third-order valence-corrected chi connectivity index (χ3v) is 4.43. The van der Waals surface area contributed by atoms with Gasteiger partial charge in [0.05, 0.1) is 19.7 Å². The Labute approximate surface area is 146 Å². The number of carbonyl (C=O) groups is 1. The fourth-order valence-electron chi connectivity index (χ4n) is 2.88. The number of amides is 1. The average Bonchev–Trinajstić information content (AvgIpc) is 2.67. The molecule has 132 valence electrons. The van der Waals surface area contributed by atoms with Crippen molar-refractivity contribution in [1.29, 1.82) is 0 Å². The number of carbonyl (C=O) groups excluding carboxylic acids is 1. The van der Waals surface area contributed by atoms with Gasteiger partial charge in [0.25, 0.3) is 0 Å². The third-order valence-electron chi connectivity index (χ3n) is 4.43. The van der Waals surface area contributed by atoms with E-state index >= 15 is 0 Å². The zero-order valence-electron chi connectivity index (χ0n) is 14.2. The summed E-state index contributed by atoms with van der Waals surface area (Å²) in [5.41, 5.74) is 1.98. The molecule has 6 heteroatoms. The Balaban J connectivity index is 1.54. The van der Waals surface area contributed by atoms with E-state index in [2.05, 4.69) is 10.3 Å². The summed E-state index contributed by atoms with van der Waals surface area (Å²) in [7, 11) is 0. The molecule has 1 aromatic heterocycles. The van der Waals surface area contributed by atoms with Crippen molar-refractivity contribution >= 4 is 5.91 Å². The van der Waals surface area contributed by atoms with Gasteiger partial charge in [0.2, 0.25) is 5.91 Å².